The van der Waals surface area contributed by atoms with Gasteiger partial charge in [-0.15, -0.1) is 0 Å². The van der Waals surface area contributed by atoms with Crippen molar-refractivity contribution < 1.29 is 14.3 Å². The fourth-order valence-corrected chi connectivity index (χ4v) is 2.66. The molecule has 2 aromatic carbocycles. The molecule has 0 fully saturated rings. The third-order valence-corrected chi connectivity index (χ3v) is 4.48. The molecular formula is C19H21Cl2N3O3. The van der Waals surface area contributed by atoms with Gasteiger partial charge in [0.25, 0.3) is 0 Å². The van der Waals surface area contributed by atoms with Crippen LogP contribution in [0.4, 0.5) is 11.4 Å². The van der Waals surface area contributed by atoms with Crippen LogP contribution in [0.3, 0.4) is 0 Å². The van der Waals surface area contributed by atoms with E-state index in [9.17, 15) is 9.59 Å². The Morgan fingerprint density at radius 2 is 1.59 bits per heavy atom. The molecule has 0 atom stereocenters. The van der Waals surface area contributed by atoms with Gasteiger partial charge in [0.2, 0.25) is 11.8 Å². The molecule has 0 spiro atoms. The summed E-state index contributed by atoms with van der Waals surface area (Å²) < 4.78 is 5.13. The summed E-state index contributed by atoms with van der Waals surface area (Å²) in [6, 6.07) is 11.9. The monoisotopic (exact) mass is 409 g/mol. The summed E-state index contributed by atoms with van der Waals surface area (Å²) in [5.74, 6) is 0.193. The molecule has 0 saturated carbocycles. The lowest BCUT2D eigenvalue weighted by Gasteiger charge is -2.19. The van der Waals surface area contributed by atoms with Crippen molar-refractivity contribution in [3.63, 3.8) is 0 Å². The normalized spacial score (nSPS) is 10.6. The Kier molecular flexibility index (Phi) is 7.91. The van der Waals surface area contributed by atoms with Crippen molar-refractivity contribution in [2.24, 2.45) is 0 Å². The third kappa shape index (κ3) is 6.75. The molecule has 0 heterocycles. The van der Waals surface area contributed by atoms with Crippen LogP contribution in [0.1, 0.15) is 6.92 Å². The van der Waals surface area contributed by atoms with E-state index in [1.165, 1.54) is 0 Å². The van der Waals surface area contributed by atoms with Crippen molar-refractivity contribution in [1.29, 1.82) is 0 Å². The summed E-state index contributed by atoms with van der Waals surface area (Å²) in [6.07, 6.45) is 0. The quantitative estimate of drug-likeness (QED) is 0.693. The minimum Gasteiger partial charge on any atom is -0.497 e. The van der Waals surface area contributed by atoms with Crippen LogP contribution >= 0.6 is 23.2 Å². The summed E-state index contributed by atoms with van der Waals surface area (Å²) in [6.45, 7) is 2.58. The SMILES string of the molecule is CCN(CC(=O)Nc1cccc(OC)c1)CC(=O)Nc1ccc(Cl)c(Cl)c1. The molecule has 2 N–H and O–H groups in total. The number of carbonyl (C=O) groups is 2. The number of benzene rings is 2. The number of methoxy groups -OCH3 is 1. The van der Waals surface area contributed by atoms with Crippen molar-refractivity contribution >= 4 is 46.4 Å². The third-order valence-electron chi connectivity index (χ3n) is 3.74. The average molecular weight is 410 g/mol. The molecule has 0 radical (unpaired) electrons. The smallest absolute Gasteiger partial charge is 0.238 e. The van der Waals surface area contributed by atoms with E-state index in [4.69, 9.17) is 27.9 Å². The molecule has 144 valence electrons. The van der Waals surface area contributed by atoms with Gasteiger partial charge < -0.3 is 15.4 Å². The zero-order valence-electron chi connectivity index (χ0n) is 15.1. The number of hydrogen-bond donors (Lipinski definition) is 2. The van der Waals surface area contributed by atoms with E-state index in [2.05, 4.69) is 10.6 Å². The maximum Gasteiger partial charge on any atom is 0.238 e. The number of ether oxygens (including phenoxy) is 1. The minimum atomic E-state index is -0.246. The van der Waals surface area contributed by atoms with Gasteiger partial charge in [0.1, 0.15) is 5.75 Å². The number of rotatable bonds is 8. The van der Waals surface area contributed by atoms with Crippen molar-refractivity contribution in [1.82, 2.24) is 4.90 Å². The molecule has 0 saturated heterocycles. The van der Waals surface area contributed by atoms with Gasteiger partial charge in [0, 0.05) is 17.4 Å². The number of likely N-dealkylation sites (N-methyl/N-ethyl adjacent to an activating group) is 1. The lowest BCUT2D eigenvalue weighted by Crippen LogP contribution is -2.38. The standard InChI is InChI=1S/C19H21Cl2N3O3/c1-3-24(11-18(25)22-13-5-4-6-15(9-13)27-2)12-19(26)23-14-7-8-16(20)17(21)10-14/h4-10H,3,11-12H2,1-2H3,(H,22,25)(H,23,26). The molecule has 2 aromatic rings. The first-order chi connectivity index (χ1) is 12.9. The molecule has 27 heavy (non-hydrogen) atoms. The molecule has 0 bridgehead atoms. The summed E-state index contributed by atoms with van der Waals surface area (Å²) in [7, 11) is 1.56. The number of halogens is 2. The second-order valence-corrected chi connectivity index (χ2v) is 6.57. The van der Waals surface area contributed by atoms with E-state index in [0.29, 0.717) is 33.7 Å². The van der Waals surface area contributed by atoms with E-state index in [1.807, 2.05) is 6.92 Å². The van der Waals surface area contributed by atoms with Crippen LogP contribution in [-0.4, -0.2) is 43.5 Å². The van der Waals surface area contributed by atoms with Gasteiger partial charge in [0.15, 0.2) is 0 Å². The van der Waals surface area contributed by atoms with Crippen LogP contribution in [0, 0.1) is 0 Å². The highest BCUT2D eigenvalue weighted by Crippen LogP contribution is 2.25. The maximum atomic E-state index is 12.2. The highest BCUT2D eigenvalue weighted by atomic mass is 35.5. The summed E-state index contributed by atoms with van der Waals surface area (Å²) in [5, 5.41) is 6.31. The zero-order chi connectivity index (χ0) is 19.8. The summed E-state index contributed by atoms with van der Waals surface area (Å²) >= 11 is 11.8. The number of carbonyl (C=O) groups excluding carboxylic acids is 2. The lowest BCUT2D eigenvalue weighted by molar-refractivity contribution is -0.119. The van der Waals surface area contributed by atoms with Crippen molar-refractivity contribution in [3.8, 4) is 5.75 Å². The molecule has 0 aromatic heterocycles. The predicted octanol–water partition coefficient (Wildman–Crippen LogP) is 3.90. The Balaban J connectivity index is 1.88. The number of nitrogens with one attached hydrogen (secondary N) is 2. The van der Waals surface area contributed by atoms with Gasteiger partial charge in [-0.3, -0.25) is 14.5 Å². The van der Waals surface area contributed by atoms with Crippen LogP contribution in [0.25, 0.3) is 0 Å². The fraction of sp³-hybridized carbons (Fsp3) is 0.263. The second-order valence-electron chi connectivity index (χ2n) is 5.76. The van der Waals surface area contributed by atoms with E-state index >= 15 is 0 Å². The Labute approximate surface area is 168 Å². The van der Waals surface area contributed by atoms with Gasteiger partial charge in [-0.25, -0.2) is 0 Å². The van der Waals surface area contributed by atoms with Crippen LogP contribution in [0.15, 0.2) is 42.5 Å². The number of anilines is 2. The van der Waals surface area contributed by atoms with Crippen molar-refractivity contribution in [3.05, 3.63) is 52.5 Å². The molecule has 2 amide bonds. The van der Waals surface area contributed by atoms with Crippen LogP contribution in [-0.2, 0) is 9.59 Å². The first-order valence-electron chi connectivity index (χ1n) is 8.32. The van der Waals surface area contributed by atoms with Crippen LogP contribution in [0.5, 0.6) is 5.75 Å². The van der Waals surface area contributed by atoms with Gasteiger partial charge in [-0.1, -0.05) is 36.2 Å². The van der Waals surface area contributed by atoms with E-state index in [1.54, 1.807) is 54.5 Å². The second kappa shape index (κ2) is 10.2. The molecule has 6 nitrogen and oxygen atoms in total. The number of hydrogen-bond acceptors (Lipinski definition) is 4. The molecule has 2 rings (SSSR count). The Morgan fingerprint density at radius 1 is 0.963 bits per heavy atom. The summed E-state index contributed by atoms with van der Waals surface area (Å²) in [5.41, 5.74) is 1.18. The van der Waals surface area contributed by atoms with Crippen LogP contribution in [0.2, 0.25) is 10.0 Å². The summed E-state index contributed by atoms with van der Waals surface area (Å²) in [4.78, 5) is 26.2. The molecular weight excluding hydrogens is 389 g/mol. The van der Waals surface area contributed by atoms with E-state index in [0.717, 1.165) is 0 Å². The maximum absolute atomic E-state index is 12.2. The van der Waals surface area contributed by atoms with Gasteiger partial charge >= 0.3 is 0 Å². The zero-order valence-corrected chi connectivity index (χ0v) is 16.6. The van der Waals surface area contributed by atoms with Gasteiger partial charge in [-0.2, -0.15) is 0 Å². The lowest BCUT2D eigenvalue weighted by atomic mass is 10.3. The first kappa shape index (κ1) is 21.0. The average Bonchev–Trinajstić information content (AvgIpc) is 2.64. The molecule has 0 aliphatic rings. The predicted molar refractivity (Wildman–Crippen MR) is 109 cm³/mol. The highest BCUT2D eigenvalue weighted by Gasteiger charge is 2.14. The highest BCUT2D eigenvalue weighted by molar-refractivity contribution is 6.42. The molecule has 8 heteroatoms. The minimum absolute atomic E-state index is 0.0717. The Bertz CT molecular complexity index is 815. The van der Waals surface area contributed by atoms with Crippen molar-refractivity contribution in [2.75, 3.05) is 37.4 Å². The van der Waals surface area contributed by atoms with Crippen molar-refractivity contribution in [2.45, 2.75) is 6.92 Å². The van der Waals surface area contributed by atoms with E-state index in [-0.39, 0.29) is 24.9 Å². The van der Waals surface area contributed by atoms with Gasteiger partial charge in [0.05, 0.1) is 30.2 Å². The fourth-order valence-electron chi connectivity index (χ4n) is 2.36. The molecule has 0 unspecified atom stereocenters. The van der Waals surface area contributed by atoms with Gasteiger partial charge in [-0.05, 0) is 36.9 Å². The molecule has 0 aliphatic carbocycles. The first-order valence-corrected chi connectivity index (χ1v) is 9.08. The number of amides is 2. The largest absolute Gasteiger partial charge is 0.497 e. The topological polar surface area (TPSA) is 70.7 Å². The Morgan fingerprint density at radius 3 is 2.15 bits per heavy atom. The van der Waals surface area contributed by atoms with Crippen LogP contribution < -0.4 is 15.4 Å². The number of nitrogens with zero attached hydrogens (tertiary/aromatic N) is 1. The molecule has 0 aliphatic heterocycles. The Hall–Kier alpha value is -2.28. The van der Waals surface area contributed by atoms with E-state index < -0.39 is 0 Å².